The number of pyridine rings is 1. The quantitative estimate of drug-likeness (QED) is 0.674. The van der Waals surface area contributed by atoms with Crippen LogP contribution in [0.4, 0.5) is 0 Å². The Morgan fingerprint density at radius 3 is 2.83 bits per heavy atom. The van der Waals surface area contributed by atoms with Crippen LogP contribution in [0.3, 0.4) is 0 Å². The average molecular weight is 312 g/mol. The van der Waals surface area contributed by atoms with Crippen molar-refractivity contribution in [1.29, 1.82) is 0 Å². The largest absolute Gasteiger partial charge is 0.370 e. The SMILES string of the molecule is Cn1c(=O)c(CN=C(N)NC2CCCCC2)cc2ccccc21. The topological polar surface area (TPSA) is 72.4 Å². The van der Waals surface area contributed by atoms with E-state index in [4.69, 9.17) is 5.73 Å². The lowest BCUT2D eigenvalue weighted by molar-refractivity contribution is 0.412. The van der Waals surface area contributed by atoms with E-state index in [1.54, 1.807) is 11.6 Å². The van der Waals surface area contributed by atoms with Crippen molar-refractivity contribution in [2.75, 3.05) is 0 Å². The molecule has 0 bridgehead atoms. The number of para-hydroxylation sites is 1. The minimum absolute atomic E-state index is 0.0158. The second-order valence-electron chi connectivity index (χ2n) is 6.27. The Bertz CT molecular complexity index is 772. The van der Waals surface area contributed by atoms with Crippen molar-refractivity contribution in [1.82, 2.24) is 9.88 Å². The van der Waals surface area contributed by atoms with E-state index in [1.165, 1.54) is 19.3 Å². The molecule has 1 aromatic heterocycles. The molecule has 2 aromatic rings. The van der Waals surface area contributed by atoms with Crippen LogP contribution in [0.5, 0.6) is 0 Å². The normalized spacial score (nSPS) is 16.7. The number of hydrogen-bond donors (Lipinski definition) is 2. The summed E-state index contributed by atoms with van der Waals surface area (Å²) in [5.74, 6) is 0.437. The molecule has 1 aromatic carbocycles. The molecule has 0 saturated heterocycles. The Balaban J connectivity index is 1.77. The molecule has 3 rings (SSSR count). The van der Waals surface area contributed by atoms with E-state index in [0.29, 0.717) is 24.1 Å². The highest BCUT2D eigenvalue weighted by atomic mass is 16.1. The molecule has 3 N–H and O–H groups in total. The molecule has 0 radical (unpaired) electrons. The fourth-order valence-electron chi connectivity index (χ4n) is 3.27. The summed E-state index contributed by atoms with van der Waals surface area (Å²) in [7, 11) is 1.79. The standard InChI is InChI=1S/C18H24N4O/c1-22-16-10-6-5-7-13(16)11-14(17(22)23)12-20-18(19)21-15-8-3-2-4-9-15/h5-7,10-11,15H,2-4,8-9,12H2,1H3,(H3,19,20,21). The molecular weight excluding hydrogens is 288 g/mol. The van der Waals surface area contributed by atoms with Crippen LogP contribution in [0.2, 0.25) is 0 Å². The van der Waals surface area contributed by atoms with E-state index < -0.39 is 0 Å². The maximum Gasteiger partial charge on any atom is 0.255 e. The zero-order valence-electron chi connectivity index (χ0n) is 13.6. The molecule has 0 amide bonds. The average Bonchev–Trinajstić information content (AvgIpc) is 2.58. The number of fused-ring (bicyclic) bond motifs is 1. The number of benzene rings is 1. The Morgan fingerprint density at radius 2 is 2.04 bits per heavy atom. The van der Waals surface area contributed by atoms with Crippen molar-refractivity contribution < 1.29 is 0 Å². The summed E-state index contributed by atoms with van der Waals surface area (Å²) >= 11 is 0. The minimum atomic E-state index is -0.0158. The second kappa shape index (κ2) is 6.86. The third kappa shape index (κ3) is 3.55. The molecule has 1 aliphatic carbocycles. The number of aromatic nitrogens is 1. The number of hydrogen-bond acceptors (Lipinski definition) is 2. The van der Waals surface area contributed by atoms with E-state index in [-0.39, 0.29) is 5.56 Å². The second-order valence-corrected chi connectivity index (χ2v) is 6.27. The Hall–Kier alpha value is -2.30. The molecule has 5 heteroatoms. The van der Waals surface area contributed by atoms with Gasteiger partial charge in [-0.05, 0) is 30.4 Å². The molecule has 23 heavy (non-hydrogen) atoms. The van der Waals surface area contributed by atoms with Gasteiger partial charge in [0.25, 0.3) is 5.56 Å². The molecule has 0 spiro atoms. The Morgan fingerprint density at radius 1 is 1.30 bits per heavy atom. The van der Waals surface area contributed by atoms with Crippen LogP contribution in [0.1, 0.15) is 37.7 Å². The third-order valence-electron chi connectivity index (χ3n) is 4.58. The van der Waals surface area contributed by atoms with Crippen molar-refractivity contribution in [2.24, 2.45) is 17.8 Å². The number of aliphatic imine (C=N–C) groups is 1. The lowest BCUT2D eigenvalue weighted by Gasteiger charge is -2.23. The van der Waals surface area contributed by atoms with Crippen molar-refractivity contribution in [3.8, 4) is 0 Å². The summed E-state index contributed by atoms with van der Waals surface area (Å²) in [6.45, 7) is 0.309. The molecule has 1 heterocycles. The number of nitrogens with zero attached hydrogens (tertiary/aromatic N) is 2. The van der Waals surface area contributed by atoms with Gasteiger partial charge in [-0.3, -0.25) is 4.79 Å². The molecule has 1 aliphatic rings. The molecular formula is C18H24N4O. The Kier molecular flexibility index (Phi) is 4.65. The van der Waals surface area contributed by atoms with Crippen molar-refractivity contribution in [3.05, 3.63) is 46.2 Å². The summed E-state index contributed by atoms with van der Waals surface area (Å²) in [6, 6.07) is 10.2. The highest BCUT2D eigenvalue weighted by Gasteiger charge is 2.13. The smallest absolute Gasteiger partial charge is 0.255 e. The van der Waals surface area contributed by atoms with Crippen LogP contribution in [0.15, 0.2) is 40.1 Å². The zero-order valence-corrected chi connectivity index (χ0v) is 13.6. The Labute approximate surface area is 136 Å². The third-order valence-corrected chi connectivity index (χ3v) is 4.58. The first-order chi connectivity index (χ1) is 11.1. The van der Waals surface area contributed by atoms with Crippen LogP contribution < -0.4 is 16.6 Å². The van der Waals surface area contributed by atoms with Crippen LogP contribution in [0, 0.1) is 0 Å². The molecule has 122 valence electrons. The van der Waals surface area contributed by atoms with Crippen LogP contribution in [-0.4, -0.2) is 16.6 Å². The maximum atomic E-state index is 12.4. The van der Waals surface area contributed by atoms with Crippen molar-refractivity contribution in [2.45, 2.75) is 44.7 Å². The van der Waals surface area contributed by atoms with E-state index in [0.717, 1.165) is 23.7 Å². The monoisotopic (exact) mass is 312 g/mol. The number of aryl methyl sites for hydroxylation is 1. The minimum Gasteiger partial charge on any atom is -0.370 e. The lowest BCUT2D eigenvalue weighted by atomic mass is 9.96. The fourth-order valence-corrected chi connectivity index (χ4v) is 3.27. The summed E-state index contributed by atoms with van der Waals surface area (Å²) in [5.41, 5.74) is 7.56. The van der Waals surface area contributed by atoms with Gasteiger partial charge in [0.1, 0.15) is 0 Å². The van der Waals surface area contributed by atoms with Gasteiger partial charge in [0, 0.05) is 18.7 Å². The number of nitrogens with two attached hydrogens (primary N) is 1. The van der Waals surface area contributed by atoms with Gasteiger partial charge in [-0.1, -0.05) is 37.5 Å². The summed E-state index contributed by atoms with van der Waals surface area (Å²) in [4.78, 5) is 16.8. The van der Waals surface area contributed by atoms with Gasteiger partial charge in [0.2, 0.25) is 0 Å². The number of guanidine groups is 1. The molecule has 5 nitrogen and oxygen atoms in total. The van der Waals surface area contributed by atoms with Gasteiger partial charge >= 0.3 is 0 Å². The zero-order chi connectivity index (χ0) is 16.2. The highest BCUT2D eigenvalue weighted by Crippen LogP contribution is 2.17. The van der Waals surface area contributed by atoms with Crippen LogP contribution in [-0.2, 0) is 13.6 Å². The van der Waals surface area contributed by atoms with Crippen LogP contribution >= 0.6 is 0 Å². The molecule has 0 unspecified atom stereocenters. The van der Waals surface area contributed by atoms with E-state index in [1.807, 2.05) is 30.3 Å². The fraction of sp³-hybridized carbons (Fsp3) is 0.444. The van der Waals surface area contributed by atoms with Gasteiger partial charge in [-0.15, -0.1) is 0 Å². The highest BCUT2D eigenvalue weighted by molar-refractivity contribution is 5.80. The van der Waals surface area contributed by atoms with Gasteiger partial charge in [0.05, 0.1) is 12.1 Å². The first kappa shape index (κ1) is 15.6. The predicted octanol–water partition coefficient (Wildman–Crippen LogP) is 2.28. The van der Waals surface area contributed by atoms with Gasteiger partial charge in [-0.2, -0.15) is 0 Å². The molecule has 0 atom stereocenters. The summed E-state index contributed by atoms with van der Waals surface area (Å²) in [6.07, 6.45) is 6.09. The molecule has 1 saturated carbocycles. The van der Waals surface area contributed by atoms with E-state index in [2.05, 4.69) is 10.3 Å². The summed E-state index contributed by atoms with van der Waals surface area (Å²) < 4.78 is 1.67. The molecule has 0 aliphatic heterocycles. The lowest BCUT2D eigenvalue weighted by Crippen LogP contribution is -2.41. The predicted molar refractivity (Wildman–Crippen MR) is 94.5 cm³/mol. The molecule has 1 fully saturated rings. The van der Waals surface area contributed by atoms with Gasteiger partial charge < -0.3 is 15.6 Å². The van der Waals surface area contributed by atoms with Gasteiger partial charge in [0.15, 0.2) is 5.96 Å². The first-order valence-corrected chi connectivity index (χ1v) is 8.29. The number of rotatable bonds is 3. The van der Waals surface area contributed by atoms with Gasteiger partial charge in [-0.25, -0.2) is 4.99 Å². The number of nitrogens with one attached hydrogen (secondary N) is 1. The van der Waals surface area contributed by atoms with Crippen molar-refractivity contribution in [3.63, 3.8) is 0 Å². The van der Waals surface area contributed by atoms with Crippen LogP contribution in [0.25, 0.3) is 10.9 Å². The maximum absolute atomic E-state index is 12.4. The van der Waals surface area contributed by atoms with E-state index >= 15 is 0 Å². The summed E-state index contributed by atoms with van der Waals surface area (Å²) in [5, 5.41) is 4.32. The first-order valence-electron chi connectivity index (χ1n) is 8.29. The van der Waals surface area contributed by atoms with Crippen molar-refractivity contribution >= 4 is 16.9 Å². The van der Waals surface area contributed by atoms with E-state index in [9.17, 15) is 4.79 Å².